The van der Waals surface area contributed by atoms with E-state index in [0.717, 1.165) is 21.1 Å². The molecule has 0 saturated carbocycles. The van der Waals surface area contributed by atoms with Crippen molar-refractivity contribution in [3.8, 4) is 0 Å². The van der Waals surface area contributed by atoms with Gasteiger partial charge in [0, 0.05) is 49.7 Å². The van der Waals surface area contributed by atoms with E-state index in [1.165, 1.54) is 36.4 Å². The standard InChI is InChI=1S/C34H35FN4O4S/c1-25-3-9-28(10-4-25)34(41)38-21-19-37(20-22-38)31-15-13-30(14-16-31)36-33(40)24-39(23-27-7-11-29(35)12-8-27)44(42,43)32-17-5-26(2)6-18-32/h3-18H,19-24H2,1-2H3,(H,36,40). The molecular formula is C34H35FN4O4S. The molecule has 1 N–H and O–H groups in total. The Hall–Kier alpha value is -4.54. The molecular weight excluding hydrogens is 579 g/mol. The highest BCUT2D eigenvalue weighted by atomic mass is 32.2. The molecule has 44 heavy (non-hydrogen) atoms. The molecule has 10 heteroatoms. The van der Waals surface area contributed by atoms with Crippen molar-refractivity contribution in [1.82, 2.24) is 9.21 Å². The van der Waals surface area contributed by atoms with E-state index in [4.69, 9.17) is 0 Å². The van der Waals surface area contributed by atoms with Crippen molar-refractivity contribution in [2.75, 3.05) is 42.9 Å². The molecule has 5 rings (SSSR count). The first-order valence-electron chi connectivity index (χ1n) is 14.4. The van der Waals surface area contributed by atoms with Crippen LogP contribution in [0, 0.1) is 19.7 Å². The van der Waals surface area contributed by atoms with Crippen LogP contribution in [-0.2, 0) is 21.4 Å². The molecule has 2 amide bonds. The maximum atomic E-state index is 13.5. The first-order valence-corrected chi connectivity index (χ1v) is 15.8. The zero-order valence-electron chi connectivity index (χ0n) is 24.7. The summed E-state index contributed by atoms with van der Waals surface area (Å²) >= 11 is 0. The fourth-order valence-corrected chi connectivity index (χ4v) is 6.43. The van der Waals surface area contributed by atoms with E-state index >= 15 is 0 Å². The van der Waals surface area contributed by atoms with Crippen molar-refractivity contribution >= 4 is 33.2 Å². The van der Waals surface area contributed by atoms with Crippen LogP contribution in [0.1, 0.15) is 27.0 Å². The number of aryl methyl sites for hydroxylation is 2. The van der Waals surface area contributed by atoms with Gasteiger partial charge in [0.15, 0.2) is 0 Å². The van der Waals surface area contributed by atoms with E-state index in [2.05, 4.69) is 10.2 Å². The van der Waals surface area contributed by atoms with Crippen molar-refractivity contribution in [3.63, 3.8) is 0 Å². The normalized spacial score (nSPS) is 13.6. The average molecular weight is 615 g/mol. The third kappa shape index (κ3) is 7.50. The van der Waals surface area contributed by atoms with Gasteiger partial charge in [0.05, 0.1) is 11.4 Å². The molecule has 0 radical (unpaired) electrons. The molecule has 228 valence electrons. The predicted molar refractivity (Wildman–Crippen MR) is 170 cm³/mol. The third-order valence-electron chi connectivity index (χ3n) is 7.63. The van der Waals surface area contributed by atoms with Crippen molar-refractivity contribution in [2.45, 2.75) is 25.3 Å². The zero-order valence-corrected chi connectivity index (χ0v) is 25.6. The lowest BCUT2D eigenvalue weighted by Crippen LogP contribution is -2.48. The molecule has 1 heterocycles. The van der Waals surface area contributed by atoms with Crippen LogP contribution < -0.4 is 10.2 Å². The highest BCUT2D eigenvalue weighted by Gasteiger charge is 2.27. The second kappa shape index (κ2) is 13.4. The summed E-state index contributed by atoms with van der Waals surface area (Å²) in [6.07, 6.45) is 0. The molecule has 0 bridgehead atoms. The second-order valence-corrected chi connectivity index (χ2v) is 12.9. The van der Waals surface area contributed by atoms with E-state index in [0.29, 0.717) is 43.0 Å². The highest BCUT2D eigenvalue weighted by molar-refractivity contribution is 7.89. The number of hydrogen-bond donors (Lipinski definition) is 1. The summed E-state index contributed by atoms with van der Waals surface area (Å²) in [6.45, 7) is 5.89. The molecule has 1 fully saturated rings. The van der Waals surface area contributed by atoms with Crippen molar-refractivity contribution in [2.24, 2.45) is 0 Å². The van der Waals surface area contributed by atoms with Gasteiger partial charge in [-0.05, 0) is 80.1 Å². The Morgan fingerprint density at radius 2 is 1.34 bits per heavy atom. The van der Waals surface area contributed by atoms with Crippen LogP contribution in [-0.4, -0.2) is 62.2 Å². The molecule has 0 atom stereocenters. The lowest BCUT2D eigenvalue weighted by atomic mass is 10.1. The number of halogens is 1. The van der Waals surface area contributed by atoms with Gasteiger partial charge >= 0.3 is 0 Å². The maximum Gasteiger partial charge on any atom is 0.253 e. The van der Waals surface area contributed by atoms with E-state index < -0.39 is 28.3 Å². The summed E-state index contributed by atoms with van der Waals surface area (Å²) in [7, 11) is -4.02. The summed E-state index contributed by atoms with van der Waals surface area (Å²) in [5.74, 6) is -0.903. The number of nitrogens with one attached hydrogen (secondary N) is 1. The van der Waals surface area contributed by atoms with Crippen LogP contribution in [0.4, 0.5) is 15.8 Å². The van der Waals surface area contributed by atoms with Gasteiger partial charge in [-0.3, -0.25) is 9.59 Å². The Morgan fingerprint density at radius 1 is 0.773 bits per heavy atom. The van der Waals surface area contributed by atoms with Crippen LogP contribution in [0.2, 0.25) is 0 Å². The monoisotopic (exact) mass is 614 g/mol. The molecule has 8 nitrogen and oxygen atoms in total. The second-order valence-electron chi connectivity index (χ2n) is 11.0. The summed E-state index contributed by atoms with van der Waals surface area (Å²) in [4.78, 5) is 30.1. The van der Waals surface area contributed by atoms with Gasteiger partial charge in [0.2, 0.25) is 15.9 Å². The first kappa shape index (κ1) is 30.9. The number of benzene rings is 4. The number of piperazine rings is 1. The Labute approximate surface area is 257 Å². The van der Waals surface area contributed by atoms with Crippen LogP contribution in [0.15, 0.2) is 102 Å². The highest BCUT2D eigenvalue weighted by Crippen LogP contribution is 2.22. The summed E-state index contributed by atoms with van der Waals surface area (Å²) in [6, 6.07) is 26.9. The minimum absolute atomic E-state index is 0.0283. The van der Waals surface area contributed by atoms with Crippen molar-refractivity contribution in [1.29, 1.82) is 0 Å². The molecule has 0 aliphatic carbocycles. The minimum atomic E-state index is -4.02. The fraction of sp³-hybridized carbons (Fsp3) is 0.235. The van der Waals surface area contributed by atoms with E-state index in [1.807, 2.05) is 55.1 Å². The largest absolute Gasteiger partial charge is 0.368 e. The SMILES string of the molecule is Cc1ccc(C(=O)N2CCN(c3ccc(NC(=O)CN(Cc4ccc(F)cc4)S(=O)(=O)c4ccc(C)cc4)cc3)CC2)cc1. The summed E-state index contributed by atoms with van der Waals surface area (Å²) in [5.41, 5.74) is 4.76. The lowest BCUT2D eigenvalue weighted by Gasteiger charge is -2.36. The topological polar surface area (TPSA) is 90.0 Å². The third-order valence-corrected chi connectivity index (χ3v) is 9.44. The molecule has 1 saturated heterocycles. The maximum absolute atomic E-state index is 13.5. The van der Waals surface area contributed by atoms with Crippen molar-refractivity contribution < 1.29 is 22.4 Å². The van der Waals surface area contributed by atoms with Crippen LogP contribution in [0.5, 0.6) is 0 Å². The Balaban J connectivity index is 1.21. The number of sulfonamides is 1. The number of carbonyl (C=O) groups is 2. The molecule has 1 aliphatic heterocycles. The summed E-state index contributed by atoms with van der Waals surface area (Å²) in [5, 5.41) is 2.80. The fourth-order valence-electron chi connectivity index (χ4n) is 5.04. The van der Waals surface area contributed by atoms with Gasteiger partial charge in [0.25, 0.3) is 5.91 Å². The number of amides is 2. The zero-order chi connectivity index (χ0) is 31.3. The molecule has 0 unspecified atom stereocenters. The van der Waals surface area contributed by atoms with Gasteiger partial charge in [-0.25, -0.2) is 12.8 Å². The quantitative estimate of drug-likeness (QED) is 0.279. The first-order chi connectivity index (χ1) is 21.1. The average Bonchev–Trinajstić information content (AvgIpc) is 3.02. The van der Waals surface area contributed by atoms with Gasteiger partial charge < -0.3 is 15.1 Å². The number of carbonyl (C=O) groups excluding carboxylic acids is 2. The lowest BCUT2D eigenvalue weighted by molar-refractivity contribution is -0.116. The Kier molecular flexibility index (Phi) is 9.41. The molecule has 1 aliphatic rings. The van der Waals surface area contributed by atoms with E-state index in [1.54, 1.807) is 24.3 Å². The Morgan fingerprint density at radius 3 is 1.93 bits per heavy atom. The molecule has 4 aromatic carbocycles. The summed E-state index contributed by atoms with van der Waals surface area (Å²) < 4.78 is 41.6. The van der Waals surface area contributed by atoms with Gasteiger partial charge in [0.1, 0.15) is 5.82 Å². The number of rotatable bonds is 9. The van der Waals surface area contributed by atoms with E-state index in [-0.39, 0.29) is 17.3 Å². The minimum Gasteiger partial charge on any atom is -0.368 e. The molecule has 0 spiro atoms. The Bertz CT molecular complexity index is 1700. The van der Waals surface area contributed by atoms with Gasteiger partial charge in [-0.2, -0.15) is 4.31 Å². The molecule has 0 aromatic heterocycles. The molecule has 4 aromatic rings. The van der Waals surface area contributed by atoms with E-state index in [9.17, 15) is 22.4 Å². The predicted octanol–water partition coefficient (Wildman–Crippen LogP) is 5.23. The van der Waals surface area contributed by atoms with Crippen LogP contribution in [0.25, 0.3) is 0 Å². The van der Waals surface area contributed by atoms with Gasteiger partial charge in [-0.1, -0.05) is 47.5 Å². The number of anilines is 2. The number of nitrogens with zero attached hydrogens (tertiary/aromatic N) is 3. The van der Waals surface area contributed by atoms with Crippen molar-refractivity contribution in [3.05, 3.63) is 125 Å². The van der Waals surface area contributed by atoms with Gasteiger partial charge in [-0.15, -0.1) is 0 Å². The number of hydrogen-bond acceptors (Lipinski definition) is 5. The smallest absolute Gasteiger partial charge is 0.253 e. The van der Waals surface area contributed by atoms with Crippen LogP contribution >= 0.6 is 0 Å². The van der Waals surface area contributed by atoms with Crippen LogP contribution in [0.3, 0.4) is 0 Å².